The summed E-state index contributed by atoms with van der Waals surface area (Å²) in [5.74, 6) is -2.67. The van der Waals surface area contributed by atoms with Crippen LogP contribution in [0.4, 0.5) is 30.7 Å². The molecule has 21 heavy (non-hydrogen) atoms. The number of halogens is 7. The van der Waals surface area contributed by atoms with Crippen LogP contribution < -0.4 is 0 Å². The monoisotopic (exact) mass is 308 g/mol. The van der Waals surface area contributed by atoms with Gasteiger partial charge in [-0.1, -0.05) is 12.1 Å². The SMILES string of the molecule is Fc1cccc(-c2cc(C(F)F)cc(C(F)(F)F)c2)c1F. The largest absolute Gasteiger partial charge is 0.416 e. The van der Waals surface area contributed by atoms with E-state index in [1.54, 1.807) is 0 Å². The van der Waals surface area contributed by atoms with Crippen molar-refractivity contribution in [2.24, 2.45) is 0 Å². The summed E-state index contributed by atoms with van der Waals surface area (Å²) in [4.78, 5) is 0. The Morgan fingerprint density at radius 3 is 2.14 bits per heavy atom. The second kappa shape index (κ2) is 5.38. The average Bonchev–Trinajstić information content (AvgIpc) is 2.40. The van der Waals surface area contributed by atoms with Gasteiger partial charge in [0.15, 0.2) is 11.6 Å². The van der Waals surface area contributed by atoms with Gasteiger partial charge >= 0.3 is 6.18 Å². The van der Waals surface area contributed by atoms with Crippen LogP contribution in [0.5, 0.6) is 0 Å². The van der Waals surface area contributed by atoms with Gasteiger partial charge < -0.3 is 0 Å². The molecule has 0 spiro atoms. The van der Waals surface area contributed by atoms with Gasteiger partial charge in [-0.25, -0.2) is 17.6 Å². The summed E-state index contributed by atoms with van der Waals surface area (Å²) in [7, 11) is 0. The lowest BCUT2D eigenvalue weighted by atomic mass is 9.99. The highest BCUT2D eigenvalue weighted by atomic mass is 19.4. The molecule has 112 valence electrons. The van der Waals surface area contributed by atoms with Crippen LogP contribution in [0.1, 0.15) is 17.6 Å². The molecule has 0 bridgehead atoms. The van der Waals surface area contributed by atoms with Crippen LogP contribution in [0.15, 0.2) is 36.4 Å². The van der Waals surface area contributed by atoms with Crippen molar-refractivity contribution in [1.29, 1.82) is 0 Å². The zero-order valence-corrected chi connectivity index (χ0v) is 10.2. The van der Waals surface area contributed by atoms with Gasteiger partial charge in [-0.15, -0.1) is 0 Å². The van der Waals surface area contributed by atoms with Gasteiger partial charge in [0.2, 0.25) is 0 Å². The standard InChI is InChI=1S/C14H7F7/c15-11-3-1-2-10(12(11)16)7-4-8(13(17)18)6-9(5-7)14(19,20)21/h1-6,13H. The Bertz CT molecular complexity index is 659. The lowest BCUT2D eigenvalue weighted by Gasteiger charge is -2.12. The van der Waals surface area contributed by atoms with Crippen LogP contribution in [0.2, 0.25) is 0 Å². The first-order chi connectivity index (χ1) is 9.70. The molecule has 2 aromatic carbocycles. The average molecular weight is 308 g/mol. The molecular formula is C14H7F7. The Morgan fingerprint density at radius 2 is 1.57 bits per heavy atom. The lowest BCUT2D eigenvalue weighted by molar-refractivity contribution is -0.137. The van der Waals surface area contributed by atoms with Gasteiger partial charge in [0.1, 0.15) is 0 Å². The maximum atomic E-state index is 13.6. The van der Waals surface area contributed by atoms with Crippen LogP contribution in [0, 0.1) is 11.6 Å². The maximum absolute atomic E-state index is 13.6. The molecular weight excluding hydrogens is 301 g/mol. The van der Waals surface area contributed by atoms with Crippen molar-refractivity contribution in [1.82, 2.24) is 0 Å². The molecule has 0 fully saturated rings. The number of rotatable bonds is 2. The highest BCUT2D eigenvalue weighted by molar-refractivity contribution is 5.66. The Hall–Kier alpha value is -2.05. The van der Waals surface area contributed by atoms with E-state index in [1.807, 2.05) is 0 Å². The third-order valence-electron chi connectivity index (χ3n) is 2.80. The Balaban J connectivity index is 2.68. The molecule has 0 N–H and O–H groups in total. The van der Waals surface area contributed by atoms with Gasteiger partial charge in [0.25, 0.3) is 6.43 Å². The summed E-state index contributed by atoms with van der Waals surface area (Å²) in [6, 6.07) is 4.37. The van der Waals surface area contributed by atoms with E-state index in [1.165, 1.54) is 0 Å². The van der Waals surface area contributed by atoms with Crippen LogP contribution in [-0.2, 0) is 6.18 Å². The number of hydrogen-bond acceptors (Lipinski definition) is 0. The minimum absolute atomic E-state index is 0.283. The fourth-order valence-corrected chi connectivity index (χ4v) is 1.82. The summed E-state index contributed by atoms with van der Waals surface area (Å²) < 4.78 is 90.2. The van der Waals surface area contributed by atoms with Crippen molar-refractivity contribution < 1.29 is 30.7 Å². The van der Waals surface area contributed by atoms with Crippen molar-refractivity contribution >= 4 is 0 Å². The fraction of sp³-hybridized carbons (Fsp3) is 0.143. The lowest BCUT2D eigenvalue weighted by Crippen LogP contribution is -2.06. The summed E-state index contributed by atoms with van der Waals surface area (Å²) in [5.41, 5.74) is -3.23. The highest BCUT2D eigenvalue weighted by Crippen LogP contribution is 2.36. The van der Waals surface area contributed by atoms with E-state index >= 15 is 0 Å². The summed E-state index contributed by atoms with van der Waals surface area (Å²) in [6.07, 6.45) is -8.04. The number of alkyl halides is 5. The molecule has 7 heteroatoms. The minimum atomic E-state index is -4.87. The molecule has 0 heterocycles. The Kier molecular flexibility index (Phi) is 3.93. The van der Waals surface area contributed by atoms with Gasteiger partial charge in [-0.05, 0) is 29.8 Å². The molecule has 2 aromatic rings. The molecule has 0 aliphatic heterocycles. The molecule has 0 aliphatic carbocycles. The second-order valence-electron chi connectivity index (χ2n) is 4.24. The van der Waals surface area contributed by atoms with E-state index in [0.717, 1.165) is 18.2 Å². The summed E-state index contributed by atoms with van der Waals surface area (Å²) in [6.45, 7) is 0. The zero-order chi connectivity index (χ0) is 15.8. The molecule has 0 unspecified atom stereocenters. The first-order valence-corrected chi connectivity index (χ1v) is 5.65. The minimum Gasteiger partial charge on any atom is -0.205 e. The van der Waals surface area contributed by atoms with E-state index in [4.69, 9.17) is 0 Å². The smallest absolute Gasteiger partial charge is 0.205 e. The molecule has 0 atom stereocenters. The number of hydrogen-bond donors (Lipinski definition) is 0. The highest BCUT2D eigenvalue weighted by Gasteiger charge is 2.32. The number of benzene rings is 2. The topological polar surface area (TPSA) is 0 Å². The molecule has 0 aliphatic rings. The van der Waals surface area contributed by atoms with E-state index in [9.17, 15) is 30.7 Å². The molecule has 0 aromatic heterocycles. The molecule has 0 saturated carbocycles. The molecule has 0 radical (unpaired) electrons. The first-order valence-electron chi connectivity index (χ1n) is 5.65. The quantitative estimate of drug-likeness (QED) is 0.635. The Labute approximate surface area is 114 Å². The maximum Gasteiger partial charge on any atom is 0.416 e. The zero-order valence-electron chi connectivity index (χ0n) is 10.2. The fourth-order valence-electron chi connectivity index (χ4n) is 1.82. The third kappa shape index (κ3) is 3.17. The van der Waals surface area contributed by atoms with Gasteiger partial charge in [0, 0.05) is 11.1 Å². The second-order valence-corrected chi connectivity index (χ2v) is 4.24. The predicted octanol–water partition coefficient (Wildman–Crippen LogP) is 5.59. The van der Waals surface area contributed by atoms with Crippen molar-refractivity contribution in [2.45, 2.75) is 12.6 Å². The Morgan fingerprint density at radius 1 is 0.905 bits per heavy atom. The van der Waals surface area contributed by atoms with E-state index in [-0.39, 0.29) is 6.07 Å². The van der Waals surface area contributed by atoms with E-state index in [0.29, 0.717) is 12.1 Å². The van der Waals surface area contributed by atoms with Gasteiger partial charge in [0.05, 0.1) is 5.56 Å². The van der Waals surface area contributed by atoms with Crippen molar-refractivity contribution in [3.8, 4) is 11.1 Å². The van der Waals surface area contributed by atoms with Gasteiger partial charge in [-0.3, -0.25) is 0 Å². The van der Waals surface area contributed by atoms with Crippen LogP contribution in [0.3, 0.4) is 0 Å². The van der Waals surface area contributed by atoms with Crippen molar-refractivity contribution in [2.75, 3.05) is 0 Å². The van der Waals surface area contributed by atoms with Crippen LogP contribution in [-0.4, -0.2) is 0 Å². The van der Waals surface area contributed by atoms with Crippen molar-refractivity contribution in [3.05, 3.63) is 59.2 Å². The van der Waals surface area contributed by atoms with E-state index in [2.05, 4.69) is 0 Å². The normalized spacial score (nSPS) is 12.0. The molecule has 0 saturated heterocycles. The van der Waals surface area contributed by atoms with Crippen LogP contribution in [0.25, 0.3) is 11.1 Å². The molecule has 0 nitrogen and oxygen atoms in total. The summed E-state index contributed by atoms with van der Waals surface area (Å²) >= 11 is 0. The summed E-state index contributed by atoms with van der Waals surface area (Å²) in [5, 5.41) is 0. The van der Waals surface area contributed by atoms with Crippen molar-refractivity contribution in [3.63, 3.8) is 0 Å². The van der Waals surface area contributed by atoms with Gasteiger partial charge in [-0.2, -0.15) is 13.2 Å². The molecule has 0 amide bonds. The van der Waals surface area contributed by atoms with Crippen LogP contribution >= 0.6 is 0 Å². The molecule has 2 rings (SSSR count). The predicted molar refractivity (Wildman–Crippen MR) is 61.8 cm³/mol. The first kappa shape index (κ1) is 15.3. The third-order valence-corrected chi connectivity index (χ3v) is 2.80. The van der Waals surface area contributed by atoms with E-state index < -0.39 is 46.5 Å².